The minimum atomic E-state index is -0.979. The molecule has 1 heterocycles. The molecule has 144 valence electrons. The van der Waals surface area contributed by atoms with Crippen molar-refractivity contribution in [3.8, 4) is 0 Å². The molecule has 1 aliphatic heterocycles. The summed E-state index contributed by atoms with van der Waals surface area (Å²) in [6.07, 6.45) is -0.723. The standard InChI is InChI=1S/C18H24F2N2O4/c1-18(2,3)26-17(24)22-6-7-25-12(10-22)4-5-15(23)16-13(19)8-11(21)9-14(16)20/h8-9,12H,4-7,10,21H2,1-3H3/t12-/m0/s1. The van der Waals surface area contributed by atoms with Gasteiger partial charge in [-0.3, -0.25) is 4.79 Å². The summed E-state index contributed by atoms with van der Waals surface area (Å²) in [4.78, 5) is 25.8. The maximum Gasteiger partial charge on any atom is 0.410 e. The second kappa shape index (κ2) is 7.99. The Morgan fingerprint density at radius 3 is 2.50 bits per heavy atom. The van der Waals surface area contributed by atoms with Crippen LogP contribution in [0.4, 0.5) is 19.3 Å². The van der Waals surface area contributed by atoms with Crippen LogP contribution in [0.25, 0.3) is 0 Å². The van der Waals surface area contributed by atoms with Gasteiger partial charge in [0.15, 0.2) is 5.78 Å². The van der Waals surface area contributed by atoms with Crippen LogP contribution >= 0.6 is 0 Å². The van der Waals surface area contributed by atoms with E-state index in [-0.39, 0.29) is 25.1 Å². The highest BCUT2D eigenvalue weighted by Crippen LogP contribution is 2.21. The Bertz CT molecular complexity index is 665. The molecular formula is C18H24F2N2O4. The van der Waals surface area contributed by atoms with E-state index in [1.165, 1.54) is 4.90 Å². The third-order valence-corrected chi connectivity index (χ3v) is 3.83. The van der Waals surface area contributed by atoms with E-state index < -0.39 is 40.8 Å². The van der Waals surface area contributed by atoms with E-state index in [1.54, 1.807) is 20.8 Å². The van der Waals surface area contributed by atoms with Crippen molar-refractivity contribution in [2.45, 2.75) is 45.3 Å². The fourth-order valence-corrected chi connectivity index (χ4v) is 2.66. The van der Waals surface area contributed by atoms with Crippen LogP contribution in [0.3, 0.4) is 0 Å². The van der Waals surface area contributed by atoms with Crippen molar-refractivity contribution in [1.29, 1.82) is 0 Å². The minimum Gasteiger partial charge on any atom is -0.444 e. The second-order valence-corrected chi connectivity index (χ2v) is 7.24. The van der Waals surface area contributed by atoms with Gasteiger partial charge in [-0.05, 0) is 39.3 Å². The van der Waals surface area contributed by atoms with Crippen molar-refractivity contribution in [1.82, 2.24) is 4.90 Å². The molecule has 1 aliphatic rings. The van der Waals surface area contributed by atoms with Gasteiger partial charge in [0.25, 0.3) is 0 Å². The first-order chi connectivity index (χ1) is 12.1. The van der Waals surface area contributed by atoms with Crippen molar-refractivity contribution >= 4 is 17.6 Å². The highest BCUT2D eigenvalue weighted by atomic mass is 19.1. The smallest absolute Gasteiger partial charge is 0.410 e. The van der Waals surface area contributed by atoms with Crippen LogP contribution in [0.2, 0.25) is 0 Å². The number of nitrogens with two attached hydrogens (primary N) is 1. The number of anilines is 1. The molecule has 0 saturated carbocycles. The first-order valence-electron chi connectivity index (χ1n) is 8.44. The summed E-state index contributed by atoms with van der Waals surface area (Å²) in [6.45, 7) is 6.28. The van der Waals surface area contributed by atoms with E-state index in [1.807, 2.05) is 0 Å². The summed E-state index contributed by atoms with van der Waals surface area (Å²) in [5.41, 5.74) is 4.06. The summed E-state index contributed by atoms with van der Waals surface area (Å²) in [5, 5.41) is 0. The van der Waals surface area contributed by atoms with Gasteiger partial charge in [0.2, 0.25) is 0 Å². The molecule has 1 aromatic rings. The molecule has 26 heavy (non-hydrogen) atoms. The maximum atomic E-state index is 13.8. The number of hydrogen-bond donors (Lipinski definition) is 1. The van der Waals surface area contributed by atoms with E-state index in [9.17, 15) is 18.4 Å². The van der Waals surface area contributed by atoms with Crippen LogP contribution in [0.5, 0.6) is 0 Å². The lowest BCUT2D eigenvalue weighted by Gasteiger charge is -2.34. The zero-order valence-corrected chi connectivity index (χ0v) is 15.2. The molecule has 0 radical (unpaired) electrons. The highest BCUT2D eigenvalue weighted by Gasteiger charge is 2.29. The van der Waals surface area contributed by atoms with Crippen molar-refractivity contribution < 1.29 is 27.8 Å². The molecule has 0 spiro atoms. The normalized spacial score (nSPS) is 17.9. The average Bonchev–Trinajstić information content (AvgIpc) is 2.50. The Balaban J connectivity index is 1.93. The summed E-state index contributed by atoms with van der Waals surface area (Å²) in [6, 6.07) is 1.83. The molecule has 8 heteroatoms. The third-order valence-electron chi connectivity index (χ3n) is 3.83. The van der Waals surface area contributed by atoms with Crippen molar-refractivity contribution in [3.63, 3.8) is 0 Å². The molecule has 6 nitrogen and oxygen atoms in total. The van der Waals surface area contributed by atoms with Crippen LogP contribution in [0.15, 0.2) is 12.1 Å². The van der Waals surface area contributed by atoms with Gasteiger partial charge in [-0.25, -0.2) is 13.6 Å². The van der Waals surface area contributed by atoms with Crippen LogP contribution in [-0.4, -0.2) is 48.2 Å². The molecule has 1 fully saturated rings. The molecule has 2 N–H and O–H groups in total. The quantitative estimate of drug-likeness (QED) is 0.650. The highest BCUT2D eigenvalue weighted by molar-refractivity contribution is 5.96. The monoisotopic (exact) mass is 370 g/mol. The average molecular weight is 370 g/mol. The largest absolute Gasteiger partial charge is 0.444 e. The molecule has 0 bridgehead atoms. The molecule has 1 aromatic carbocycles. The number of ether oxygens (including phenoxy) is 2. The van der Waals surface area contributed by atoms with Crippen molar-refractivity contribution in [2.75, 3.05) is 25.4 Å². The SMILES string of the molecule is CC(C)(C)OC(=O)N1CCO[C@@H](CCC(=O)c2c(F)cc(N)cc2F)C1. The number of nitrogen functional groups attached to an aromatic ring is 1. The van der Waals surface area contributed by atoms with Crippen molar-refractivity contribution in [3.05, 3.63) is 29.3 Å². The molecule has 1 atom stereocenters. The summed E-state index contributed by atoms with van der Waals surface area (Å²) in [7, 11) is 0. The minimum absolute atomic E-state index is 0.0832. The van der Waals surface area contributed by atoms with Crippen molar-refractivity contribution in [2.24, 2.45) is 0 Å². The van der Waals surface area contributed by atoms with E-state index >= 15 is 0 Å². The van der Waals surface area contributed by atoms with Gasteiger partial charge in [-0.15, -0.1) is 0 Å². The number of carbonyl (C=O) groups excluding carboxylic acids is 2. The Morgan fingerprint density at radius 1 is 1.31 bits per heavy atom. The fraction of sp³-hybridized carbons (Fsp3) is 0.556. The van der Waals surface area contributed by atoms with Crippen LogP contribution in [0, 0.1) is 11.6 Å². The predicted molar refractivity (Wildman–Crippen MR) is 91.9 cm³/mol. The Labute approximate surface area is 151 Å². The third kappa shape index (κ3) is 5.39. The molecule has 0 aromatic heterocycles. The van der Waals surface area contributed by atoms with Gasteiger partial charge >= 0.3 is 6.09 Å². The second-order valence-electron chi connectivity index (χ2n) is 7.24. The van der Waals surface area contributed by atoms with E-state index in [2.05, 4.69) is 0 Å². The maximum absolute atomic E-state index is 13.8. The van der Waals surface area contributed by atoms with E-state index in [0.717, 1.165) is 12.1 Å². The van der Waals surface area contributed by atoms with Crippen LogP contribution in [0.1, 0.15) is 44.0 Å². The van der Waals surface area contributed by atoms with Gasteiger partial charge in [0, 0.05) is 18.7 Å². The number of carbonyl (C=O) groups is 2. The number of Topliss-reactive ketones (excluding diaryl/α,β-unsaturated/α-hetero) is 1. The number of amides is 1. The number of morpholine rings is 1. The Kier molecular flexibility index (Phi) is 6.17. The van der Waals surface area contributed by atoms with Crippen LogP contribution < -0.4 is 5.73 Å². The van der Waals surface area contributed by atoms with Gasteiger partial charge < -0.3 is 20.1 Å². The zero-order chi connectivity index (χ0) is 19.5. The van der Waals surface area contributed by atoms with Gasteiger partial charge in [-0.1, -0.05) is 0 Å². The lowest BCUT2D eigenvalue weighted by atomic mass is 10.0. The Hall–Kier alpha value is -2.22. The Morgan fingerprint density at radius 2 is 1.92 bits per heavy atom. The van der Waals surface area contributed by atoms with Crippen LogP contribution in [-0.2, 0) is 9.47 Å². The number of halogens is 2. The van der Waals surface area contributed by atoms with Gasteiger partial charge in [0.05, 0.1) is 24.8 Å². The van der Waals surface area contributed by atoms with Gasteiger partial charge in [0.1, 0.15) is 17.2 Å². The lowest BCUT2D eigenvalue weighted by Crippen LogP contribution is -2.47. The molecule has 1 amide bonds. The summed E-state index contributed by atoms with van der Waals surface area (Å²) < 4.78 is 38.5. The number of benzene rings is 1. The molecular weight excluding hydrogens is 346 g/mol. The fourth-order valence-electron chi connectivity index (χ4n) is 2.66. The van der Waals surface area contributed by atoms with E-state index in [0.29, 0.717) is 13.2 Å². The molecule has 2 rings (SSSR count). The topological polar surface area (TPSA) is 81.9 Å². The van der Waals surface area contributed by atoms with E-state index in [4.69, 9.17) is 15.2 Å². The molecule has 1 saturated heterocycles. The number of ketones is 1. The zero-order valence-electron chi connectivity index (χ0n) is 15.2. The summed E-state index contributed by atoms with van der Waals surface area (Å²) in [5.74, 6) is -2.63. The number of rotatable bonds is 4. The van der Waals surface area contributed by atoms with Gasteiger partial charge in [-0.2, -0.15) is 0 Å². The predicted octanol–water partition coefficient (Wildman–Crippen LogP) is 3.15. The number of hydrogen-bond acceptors (Lipinski definition) is 5. The lowest BCUT2D eigenvalue weighted by molar-refractivity contribution is -0.0443. The first kappa shape index (κ1) is 20.1. The molecule has 0 unspecified atom stereocenters. The number of nitrogens with zero attached hydrogens (tertiary/aromatic N) is 1. The summed E-state index contributed by atoms with van der Waals surface area (Å²) >= 11 is 0. The molecule has 0 aliphatic carbocycles. The first-order valence-corrected chi connectivity index (χ1v) is 8.44.